The third-order valence-corrected chi connectivity index (χ3v) is 3.35. The van der Waals surface area contributed by atoms with Gasteiger partial charge >= 0.3 is 0 Å². The Balaban J connectivity index is 2.17. The zero-order valence-corrected chi connectivity index (χ0v) is 11.6. The third-order valence-electron chi connectivity index (χ3n) is 3.35. The average Bonchev–Trinajstić information content (AvgIpc) is 2.96. The number of ether oxygens (including phenoxy) is 2. The van der Waals surface area contributed by atoms with Crippen LogP contribution in [0.2, 0.25) is 0 Å². The van der Waals surface area contributed by atoms with Crippen LogP contribution in [-0.4, -0.2) is 28.8 Å². The van der Waals surface area contributed by atoms with E-state index < -0.39 is 0 Å². The molecular weight excluding hydrogens is 254 g/mol. The first kappa shape index (κ1) is 12.5. The Labute approximate surface area is 116 Å². The fourth-order valence-corrected chi connectivity index (χ4v) is 2.28. The number of aromatic nitrogens is 3. The second-order valence-corrected chi connectivity index (χ2v) is 4.43. The first-order chi connectivity index (χ1) is 9.74. The van der Waals surface area contributed by atoms with Crippen molar-refractivity contribution in [1.82, 2.24) is 14.6 Å². The van der Waals surface area contributed by atoms with Gasteiger partial charge in [-0.2, -0.15) is 5.10 Å². The molecule has 0 N–H and O–H groups in total. The maximum absolute atomic E-state index is 5.34. The van der Waals surface area contributed by atoms with Gasteiger partial charge in [0, 0.05) is 17.8 Å². The fraction of sp³-hybridized carbons (Fsp3) is 0.200. The third kappa shape index (κ3) is 1.87. The van der Waals surface area contributed by atoms with Gasteiger partial charge in [-0.15, -0.1) is 0 Å². The second-order valence-electron chi connectivity index (χ2n) is 4.43. The predicted molar refractivity (Wildman–Crippen MR) is 76.3 cm³/mol. The van der Waals surface area contributed by atoms with Gasteiger partial charge in [-0.05, 0) is 24.6 Å². The smallest absolute Gasteiger partial charge is 0.161 e. The van der Waals surface area contributed by atoms with Gasteiger partial charge in [-0.1, -0.05) is 6.07 Å². The summed E-state index contributed by atoms with van der Waals surface area (Å²) in [5.74, 6) is 1.41. The summed E-state index contributed by atoms with van der Waals surface area (Å²) >= 11 is 0. The van der Waals surface area contributed by atoms with E-state index in [2.05, 4.69) is 10.1 Å². The molecule has 2 aromatic heterocycles. The quantitative estimate of drug-likeness (QED) is 0.733. The molecule has 0 spiro atoms. The first-order valence-electron chi connectivity index (χ1n) is 6.26. The van der Waals surface area contributed by atoms with Crippen molar-refractivity contribution in [3.05, 3.63) is 42.4 Å². The summed E-state index contributed by atoms with van der Waals surface area (Å²) < 4.78 is 12.4. The van der Waals surface area contributed by atoms with Gasteiger partial charge in [-0.3, -0.25) is 0 Å². The zero-order chi connectivity index (χ0) is 14.1. The van der Waals surface area contributed by atoms with Crippen molar-refractivity contribution in [2.45, 2.75) is 6.92 Å². The number of rotatable bonds is 3. The summed E-state index contributed by atoms with van der Waals surface area (Å²) in [7, 11) is 3.25. The highest BCUT2D eigenvalue weighted by Crippen LogP contribution is 2.33. The van der Waals surface area contributed by atoms with Crippen LogP contribution in [0.3, 0.4) is 0 Å². The first-order valence-corrected chi connectivity index (χ1v) is 6.26. The molecule has 0 amide bonds. The summed E-state index contributed by atoms with van der Waals surface area (Å²) in [6.07, 6.45) is 3.60. The molecule has 20 heavy (non-hydrogen) atoms. The molecule has 0 unspecified atom stereocenters. The van der Waals surface area contributed by atoms with Crippen LogP contribution >= 0.6 is 0 Å². The monoisotopic (exact) mass is 269 g/mol. The van der Waals surface area contributed by atoms with Crippen LogP contribution in [0, 0.1) is 6.92 Å². The van der Waals surface area contributed by atoms with E-state index in [1.54, 1.807) is 20.4 Å². The number of nitrogens with zero attached hydrogens (tertiary/aromatic N) is 3. The summed E-state index contributed by atoms with van der Waals surface area (Å²) in [6.45, 7) is 2.02. The minimum atomic E-state index is 0.699. The largest absolute Gasteiger partial charge is 0.493 e. The van der Waals surface area contributed by atoms with Gasteiger partial charge in [0.1, 0.15) is 0 Å². The summed E-state index contributed by atoms with van der Waals surface area (Å²) in [5.41, 5.74) is 3.91. The molecule has 3 rings (SSSR count). The van der Waals surface area contributed by atoms with Gasteiger partial charge < -0.3 is 9.47 Å². The molecule has 0 saturated heterocycles. The molecule has 2 heterocycles. The maximum atomic E-state index is 5.34. The minimum absolute atomic E-state index is 0.699. The van der Waals surface area contributed by atoms with Gasteiger partial charge in [0.2, 0.25) is 0 Å². The van der Waals surface area contributed by atoms with Crippen LogP contribution in [0.5, 0.6) is 11.5 Å². The summed E-state index contributed by atoms with van der Waals surface area (Å²) in [6, 6.07) is 7.70. The van der Waals surface area contributed by atoms with E-state index >= 15 is 0 Å². The van der Waals surface area contributed by atoms with E-state index in [9.17, 15) is 0 Å². The van der Waals surface area contributed by atoms with Crippen LogP contribution in [-0.2, 0) is 0 Å². The van der Waals surface area contributed by atoms with E-state index in [0.717, 1.165) is 22.5 Å². The molecule has 0 aliphatic heterocycles. The van der Waals surface area contributed by atoms with Crippen LogP contribution in [0.15, 0.2) is 36.7 Å². The maximum Gasteiger partial charge on any atom is 0.161 e. The molecule has 0 saturated carbocycles. The van der Waals surface area contributed by atoms with Crippen molar-refractivity contribution in [2.75, 3.05) is 14.2 Å². The number of hydrogen-bond acceptors (Lipinski definition) is 4. The molecule has 0 radical (unpaired) electrons. The van der Waals surface area contributed by atoms with Gasteiger partial charge in [0.05, 0.1) is 26.1 Å². The number of benzene rings is 1. The Morgan fingerprint density at radius 3 is 2.60 bits per heavy atom. The lowest BCUT2D eigenvalue weighted by atomic mass is 10.1. The van der Waals surface area contributed by atoms with Gasteiger partial charge in [0.25, 0.3) is 0 Å². The normalized spacial score (nSPS) is 10.8. The number of aryl methyl sites for hydroxylation is 1. The number of hydrogen-bond donors (Lipinski definition) is 0. The highest BCUT2D eigenvalue weighted by atomic mass is 16.5. The molecule has 0 aliphatic carbocycles. The predicted octanol–water partition coefficient (Wildman–Crippen LogP) is 2.72. The van der Waals surface area contributed by atoms with E-state index in [-0.39, 0.29) is 0 Å². The van der Waals surface area contributed by atoms with Crippen molar-refractivity contribution in [1.29, 1.82) is 0 Å². The summed E-state index contributed by atoms with van der Waals surface area (Å²) in [4.78, 5) is 4.40. The van der Waals surface area contributed by atoms with Crippen LogP contribution < -0.4 is 9.47 Å². The molecule has 5 nitrogen and oxygen atoms in total. The molecule has 0 fully saturated rings. The highest BCUT2D eigenvalue weighted by Gasteiger charge is 2.11. The van der Waals surface area contributed by atoms with E-state index in [0.29, 0.717) is 11.5 Å². The minimum Gasteiger partial charge on any atom is -0.493 e. The second kappa shape index (κ2) is 4.85. The Bertz CT molecular complexity index is 765. The standard InChI is InChI=1S/C15H15N3O2/c1-10-12(9-16-15-6-7-17-18(10)15)11-4-5-13(19-2)14(8-11)20-3/h4-9H,1-3H3. The Hall–Kier alpha value is -2.56. The molecule has 0 atom stereocenters. The van der Waals surface area contributed by atoms with E-state index in [1.807, 2.05) is 41.9 Å². The molecule has 0 bridgehead atoms. The van der Waals surface area contributed by atoms with Crippen molar-refractivity contribution in [2.24, 2.45) is 0 Å². The van der Waals surface area contributed by atoms with Crippen molar-refractivity contribution in [3.8, 4) is 22.6 Å². The summed E-state index contributed by atoms with van der Waals surface area (Å²) in [5, 5.41) is 4.28. The van der Waals surface area contributed by atoms with Gasteiger partial charge in [-0.25, -0.2) is 9.50 Å². The Morgan fingerprint density at radius 2 is 1.85 bits per heavy atom. The van der Waals surface area contributed by atoms with Crippen molar-refractivity contribution < 1.29 is 9.47 Å². The number of fused-ring (bicyclic) bond motifs is 1. The number of methoxy groups -OCH3 is 2. The Kier molecular flexibility index (Phi) is 3.02. The molecule has 3 aromatic rings. The SMILES string of the molecule is COc1ccc(-c2cnc3ccnn3c2C)cc1OC. The van der Waals surface area contributed by atoms with E-state index in [4.69, 9.17) is 9.47 Å². The van der Waals surface area contributed by atoms with Gasteiger partial charge in [0.15, 0.2) is 17.1 Å². The average molecular weight is 269 g/mol. The molecule has 1 aromatic carbocycles. The van der Waals surface area contributed by atoms with Crippen molar-refractivity contribution >= 4 is 5.65 Å². The topological polar surface area (TPSA) is 48.7 Å². The highest BCUT2D eigenvalue weighted by molar-refractivity contribution is 5.69. The van der Waals surface area contributed by atoms with Crippen molar-refractivity contribution in [3.63, 3.8) is 0 Å². The fourth-order valence-electron chi connectivity index (χ4n) is 2.28. The van der Waals surface area contributed by atoms with Crippen LogP contribution in [0.4, 0.5) is 0 Å². The lowest BCUT2D eigenvalue weighted by Gasteiger charge is -2.11. The molecule has 102 valence electrons. The molecule has 0 aliphatic rings. The Morgan fingerprint density at radius 1 is 1.05 bits per heavy atom. The molecular formula is C15H15N3O2. The van der Waals surface area contributed by atoms with Crippen LogP contribution in [0.25, 0.3) is 16.8 Å². The van der Waals surface area contributed by atoms with Crippen LogP contribution in [0.1, 0.15) is 5.69 Å². The lowest BCUT2D eigenvalue weighted by molar-refractivity contribution is 0.355. The molecule has 5 heteroatoms. The zero-order valence-electron chi connectivity index (χ0n) is 11.6. The lowest BCUT2D eigenvalue weighted by Crippen LogP contribution is -1.99. The van der Waals surface area contributed by atoms with E-state index in [1.165, 1.54) is 0 Å².